The summed E-state index contributed by atoms with van der Waals surface area (Å²) in [4.78, 5) is 0.0708. The van der Waals surface area contributed by atoms with Gasteiger partial charge in [-0.2, -0.15) is 9.49 Å². The molecular weight excluding hydrogens is 352 g/mol. The minimum atomic E-state index is -1.10. The van der Waals surface area contributed by atoms with Gasteiger partial charge in [-0.3, -0.25) is 0 Å². The number of benzene rings is 1. The Kier molecular flexibility index (Phi) is 4.05. The summed E-state index contributed by atoms with van der Waals surface area (Å²) in [6.07, 6.45) is 0. The molecule has 0 amide bonds. The molecule has 20 heavy (non-hydrogen) atoms. The van der Waals surface area contributed by atoms with E-state index < -0.39 is 11.6 Å². The molecule has 0 aliphatic rings. The van der Waals surface area contributed by atoms with E-state index in [9.17, 15) is 8.78 Å². The monoisotopic (exact) mass is 361 g/mol. The average molecular weight is 362 g/mol. The number of hydrogen-bond acceptors (Lipinski definition) is 3. The number of nitrogens with two attached hydrogens (primary N) is 1. The first-order valence-electron chi connectivity index (χ1n) is 5.47. The Morgan fingerprint density at radius 3 is 2.70 bits per heavy atom. The third-order valence-electron chi connectivity index (χ3n) is 2.58. The van der Waals surface area contributed by atoms with Crippen LogP contribution in [0.25, 0.3) is 0 Å². The van der Waals surface area contributed by atoms with Gasteiger partial charge in [-0.25, -0.2) is 9.07 Å². The Bertz CT molecular complexity index is 702. The van der Waals surface area contributed by atoms with Gasteiger partial charge in [0, 0.05) is 11.5 Å². The SMILES string of the molecule is Cc1nn(C)c(Oc2cc(Br)cc(F)c2F)c1C(N)=S. The molecule has 1 aromatic heterocycles. The van der Waals surface area contributed by atoms with E-state index >= 15 is 0 Å². The van der Waals surface area contributed by atoms with Crippen LogP contribution in [0.3, 0.4) is 0 Å². The third kappa shape index (κ3) is 2.66. The predicted molar refractivity (Wildman–Crippen MR) is 78.0 cm³/mol. The van der Waals surface area contributed by atoms with Crippen molar-refractivity contribution in [1.29, 1.82) is 0 Å². The zero-order valence-corrected chi connectivity index (χ0v) is 13.0. The van der Waals surface area contributed by atoms with Crippen molar-refractivity contribution in [2.45, 2.75) is 6.92 Å². The van der Waals surface area contributed by atoms with Crippen LogP contribution in [0.15, 0.2) is 16.6 Å². The van der Waals surface area contributed by atoms with Gasteiger partial charge in [-0.05, 0) is 19.1 Å². The van der Waals surface area contributed by atoms with Gasteiger partial charge in [0.15, 0.2) is 11.6 Å². The number of nitrogens with zero attached hydrogens (tertiary/aromatic N) is 2. The molecule has 2 N–H and O–H groups in total. The van der Waals surface area contributed by atoms with E-state index in [1.165, 1.54) is 10.7 Å². The predicted octanol–water partition coefficient (Wildman–Crippen LogP) is 3.20. The van der Waals surface area contributed by atoms with Crippen LogP contribution in [-0.4, -0.2) is 14.8 Å². The molecule has 0 fully saturated rings. The summed E-state index contributed by atoms with van der Waals surface area (Å²) in [6, 6.07) is 2.31. The van der Waals surface area contributed by atoms with Crippen LogP contribution in [0.4, 0.5) is 8.78 Å². The van der Waals surface area contributed by atoms with Crippen molar-refractivity contribution in [3.8, 4) is 11.6 Å². The van der Waals surface area contributed by atoms with E-state index in [0.29, 0.717) is 15.7 Å². The van der Waals surface area contributed by atoms with Crippen LogP contribution in [0, 0.1) is 18.6 Å². The van der Waals surface area contributed by atoms with Crippen molar-refractivity contribution < 1.29 is 13.5 Å². The second-order valence-electron chi connectivity index (χ2n) is 4.06. The van der Waals surface area contributed by atoms with Gasteiger partial charge >= 0.3 is 0 Å². The lowest BCUT2D eigenvalue weighted by Crippen LogP contribution is -2.11. The number of thiocarbonyl (C=S) groups is 1. The van der Waals surface area contributed by atoms with Crippen molar-refractivity contribution in [2.75, 3.05) is 0 Å². The number of rotatable bonds is 3. The highest BCUT2D eigenvalue weighted by Crippen LogP contribution is 2.32. The fraction of sp³-hybridized carbons (Fsp3) is 0.167. The molecule has 0 aliphatic carbocycles. The third-order valence-corrected chi connectivity index (χ3v) is 3.24. The van der Waals surface area contributed by atoms with Gasteiger partial charge in [-0.15, -0.1) is 0 Å². The molecule has 0 saturated carbocycles. The minimum Gasteiger partial charge on any atom is -0.435 e. The first-order valence-corrected chi connectivity index (χ1v) is 6.67. The maximum Gasteiger partial charge on any atom is 0.228 e. The van der Waals surface area contributed by atoms with Crippen molar-refractivity contribution >= 4 is 33.1 Å². The van der Waals surface area contributed by atoms with Crippen LogP contribution in [-0.2, 0) is 7.05 Å². The Hall–Kier alpha value is -1.54. The topological polar surface area (TPSA) is 53.1 Å². The first-order chi connectivity index (χ1) is 9.31. The molecule has 0 bridgehead atoms. The van der Waals surface area contributed by atoms with Gasteiger partial charge in [0.2, 0.25) is 11.7 Å². The molecule has 2 aromatic rings. The summed E-state index contributed by atoms with van der Waals surface area (Å²) in [5.74, 6) is -2.24. The molecule has 0 aliphatic heterocycles. The van der Waals surface area contributed by atoms with Crippen molar-refractivity contribution in [3.05, 3.63) is 39.5 Å². The smallest absolute Gasteiger partial charge is 0.228 e. The molecule has 2 rings (SSSR count). The average Bonchev–Trinajstić information content (AvgIpc) is 2.60. The molecule has 1 heterocycles. The number of aromatic nitrogens is 2. The lowest BCUT2D eigenvalue weighted by Gasteiger charge is -2.09. The Balaban J connectivity index is 2.53. The van der Waals surface area contributed by atoms with Gasteiger partial charge in [0.05, 0.1) is 11.3 Å². The van der Waals surface area contributed by atoms with E-state index in [4.69, 9.17) is 22.7 Å². The summed E-state index contributed by atoms with van der Waals surface area (Å²) >= 11 is 7.99. The van der Waals surface area contributed by atoms with Crippen molar-refractivity contribution in [2.24, 2.45) is 12.8 Å². The highest BCUT2D eigenvalue weighted by Gasteiger charge is 2.20. The zero-order chi connectivity index (χ0) is 15.0. The summed E-state index contributed by atoms with van der Waals surface area (Å²) in [5, 5.41) is 4.10. The minimum absolute atomic E-state index is 0.0708. The largest absolute Gasteiger partial charge is 0.435 e. The fourth-order valence-corrected chi connectivity index (χ4v) is 2.39. The molecule has 0 saturated heterocycles. The Morgan fingerprint density at radius 1 is 1.45 bits per heavy atom. The molecule has 8 heteroatoms. The lowest BCUT2D eigenvalue weighted by atomic mass is 10.2. The van der Waals surface area contributed by atoms with E-state index in [2.05, 4.69) is 21.0 Å². The van der Waals surface area contributed by atoms with Crippen LogP contribution in [0.1, 0.15) is 11.3 Å². The highest BCUT2D eigenvalue weighted by molar-refractivity contribution is 9.10. The van der Waals surface area contributed by atoms with Crippen LogP contribution >= 0.6 is 28.1 Å². The molecular formula is C12H10BrF2N3OS. The number of hydrogen-bond donors (Lipinski definition) is 1. The zero-order valence-electron chi connectivity index (χ0n) is 10.6. The van der Waals surface area contributed by atoms with Gasteiger partial charge in [0.25, 0.3) is 0 Å². The number of ether oxygens (including phenoxy) is 1. The lowest BCUT2D eigenvalue weighted by molar-refractivity contribution is 0.387. The first kappa shape index (κ1) is 14.9. The Labute approximate surface area is 127 Å². The van der Waals surface area contributed by atoms with E-state index in [1.54, 1.807) is 14.0 Å². The quantitative estimate of drug-likeness (QED) is 0.673. The fourth-order valence-electron chi connectivity index (χ4n) is 1.75. The molecule has 0 radical (unpaired) electrons. The van der Waals surface area contributed by atoms with Crippen LogP contribution < -0.4 is 10.5 Å². The van der Waals surface area contributed by atoms with Gasteiger partial charge < -0.3 is 10.5 Å². The molecule has 106 valence electrons. The summed E-state index contributed by atoms with van der Waals surface area (Å²) < 4.78 is 34.2. The molecule has 0 atom stereocenters. The Morgan fingerprint density at radius 2 is 2.10 bits per heavy atom. The molecule has 0 unspecified atom stereocenters. The maximum absolute atomic E-state index is 13.7. The van der Waals surface area contributed by atoms with E-state index in [0.717, 1.165) is 6.07 Å². The van der Waals surface area contributed by atoms with E-state index in [1.807, 2.05) is 0 Å². The second-order valence-corrected chi connectivity index (χ2v) is 5.41. The van der Waals surface area contributed by atoms with Crippen molar-refractivity contribution in [1.82, 2.24) is 9.78 Å². The molecule has 0 spiro atoms. The van der Waals surface area contributed by atoms with Crippen LogP contribution in [0.2, 0.25) is 0 Å². The van der Waals surface area contributed by atoms with Gasteiger partial charge in [0.1, 0.15) is 4.99 Å². The van der Waals surface area contributed by atoms with Crippen molar-refractivity contribution in [3.63, 3.8) is 0 Å². The molecule has 1 aromatic carbocycles. The summed E-state index contributed by atoms with van der Waals surface area (Å²) in [6.45, 7) is 1.69. The van der Waals surface area contributed by atoms with Gasteiger partial charge in [-0.1, -0.05) is 28.1 Å². The standard InChI is InChI=1S/C12H10BrF2N3OS/c1-5-9(11(16)20)12(18(2)17-5)19-8-4-6(13)3-7(14)10(8)15/h3-4H,1-2H3,(H2,16,20). The summed E-state index contributed by atoms with van der Waals surface area (Å²) in [7, 11) is 1.59. The number of aryl methyl sites for hydroxylation is 2. The molecule has 4 nitrogen and oxygen atoms in total. The normalized spacial score (nSPS) is 10.7. The second kappa shape index (κ2) is 5.45. The maximum atomic E-state index is 13.7. The number of halogens is 3. The highest BCUT2D eigenvalue weighted by atomic mass is 79.9. The summed E-state index contributed by atoms with van der Waals surface area (Å²) in [5.41, 5.74) is 6.54. The van der Waals surface area contributed by atoms with Crippen LogP contribution in [0.5, 0.6) is 11.6 Å². The van der Waals surface area contributed by atoms with E-state index in [-0.39, 0.29) is 16.6 Å².